The second kappa shape index (κ2) is 13.4. The Kier molecular flexibility index (Phi) is 9.20. The van der Waals surface area contributed by atoms with Crippen LogP contribution in [0.2, 0.25) is 0 Å². The highest BCUT2D eigenvalue weighted by molar-refractivity contribution is 5.69. The minimum absolute atomic E-state index is 0.0576. The summed E-state index contributed by atoms with van der Waals surface area (Å²) in [6.45, 7) is 5.43. The Morgan fingerprint density at radius 2 is 1.65 bits per heavy atom. The highest BCUT2D eigenvalue weighted by Crippen LogP contribution is 2.30. The number of hydrogen-bond acceptors (Lipinski definition) is 8. The van der Waals surface area contributed by atoms with Gasteiger partial charge < -0.3 is 19.7 Å². The molecule has 4 aromatic rings. The predicted molar refractivity (Wildman–Crippen MR) is 152 cm³/mol. The van der Waals surface area contributed by atoms with Gasteiger partial charge >= 0.3 is 11.7 Å². The van der Waals surface area contributed by atoms with Gasteiger partial charge in [-0.1, -0.05) is 60.7 Å². The van der Waals surface area contributed by atoms with Crippen molar-refractivity contribution >= 4 is 17.4 Å². The lowest BCUT2D eigenvalue weighted by molar-refractivity contribution is -0.144. The quantitative estimate of drug-likeness (QED) is 0.214. The van der Waals surface area contributed by atoms with Gasteiger partial charge in [0, 0.05) is 19.6 Å². The van der Waals surface area contributed by atoms with E-state index in [4.69, 9.17) is 9.47 Å². The lowest BCUT2D eigenvalue weighted by Gasteiger charge is -2.34. The fourth-order valence-electron chi connectivity index (χ4n) is 5.02. The van der Waals surface area contributed by atoms with Crippen LogP contribution in [-0.4, -0.2) is 69.2 Å². The molecule has 0 atom stereocenters. The molecule has 210 valence electrons. The summed E-state index contributed by atoms with van der Waals surface area (Å²) in [6, 6.07) is 24.4. The van der Waals surface area contributed by atoms with E-state index in [9.17, 15) is 9.59 Å². The molecule has 40 heavy (non-hydrogen) atoms. The van der Waals surface area contributed by atoms with Crippen molar-refractivity contribution in [1.82, 2.24) is 24.3 Å². The Labute approximate surface area is 233 Å². The Bertz CT molecular complexity index is 1390. The van der Waals surface area contributed by atoms with Crippen LogP contribution in [0.15, 0.2) is 77.6 Å². The number of carbonyl (C=O) groups excluding carboxylic acids is 1. The van der Waals surface area contributed by atoms with E-state index in [1.165, 1.54) is 15.6 Å². The van der Waals surface area contributed by atoms with Crippen LogP contribution < -0.4 is 11.0 Å². The van der Waals surface area contributed by atoms with Crippen molar-refractivity contribution in [2.24, 2.45) is 0 Å². The molecule has 1 aliphatic heterocycles. The first kappa shape index (κ1) is 27.5. The number of hydrogen-bond donors (Lipinski definition) is 1. The predicted octanol–water partition coefficient (Wildman–Crippen LogP) is 3.53. The number of piperidine rings is 1. The van der Waals surface area contributed by atoms with Crippen molar-refractivity contribution in [3.8, 4) is 0 Å². The molecule has 3 heterocycles. The zero-order chi connectivity index (χ0) is 27.7. The van der Waals surface area contributed by atoms with E-state index < -0.39 is 11.7 Å². The Hall–Kier alpha value is -4.02. The third-order valence-electron chi connectivity index (χ3n) is 7.05. The van der Waals surface area contributed by atoms with Gasteiger partial charge in [0.25, 0.3) is 0 Å². The molecule has 0 amide bonds. The summed E-state index contributed by atoms with van der Waals surface area (Å²) in [4.78, 5) is 26.8. The van der Waals surface area contributed by atoms with Crippen LogP contribution in [0.5, 0.6) is 0 Å². The second-order valence-electron chi connectivity index (χ2n) is 9.89. The Balaban J connectivity index is 1.08. The normalized spacial score (nSPS) is 14.6. The maximum atomic E-state index is 12.6. The van der Waals surface area contributed by atoms with Gasteiger partial charge in [0.15, 0.2) is 5.65 Å². The van der Waals surface area contributed by atoms with Crippen LogP contribution in [0.3, 0.4) is 0 Å². The van der Waals surface area contributed by atoms with E-state index >= 15 is 0 Å². The molecule has 0 spiro atoms. The van der Waals surface area contributed by atoms with Gasteiger partial charge in [-0.25, -0.2) is 4.79 Å². The van der Waals surface area contributed by atoms with Crippen molar-refractivity contribution in [2.45, 2.75) is 44.9 Å². The lowest BCUT2D eigenvalue weighted by atomic mass is 10.00. The molecule has 1 aliphatic rings. The maximum absolute atomic E-state index is 12.6. The standard InChI is InChI=1S/C30H36N6O4/c1-2-39-28(37)22-35-30(38)36-27(33-35)15-14-26(32-36)31-18-9-19-34-20-16-25(17-21-34)40-29(23-10-5-3-6-11-23)24-12-7-4-8-13-24/h3-8,10-15,25,29H,2,9,16-22H2,1H3,(H,31,32). The molecule has 0 unspecified atom stereocenters. The molecular weight excluding hydrogens is 508 g/mol. The van der Waals surface area contributed by atoms with Crippen LogP contribution in [0.1, 0.15) is 43.4 Å². The van der Waals surface area contributed by atoms with Gasteiger partial charge in [0.05, 0.1) is 12.7 Å². The summed E-state index contributed by atoms with van der Waals surface area (Å²) >= 11 is 0. The van der Waals surface area contributed by atoms with E-state index in [1.54, 1.807) is 19.1 Å². The average Bonchev–Trinajstić information content (AvgIpc) is 3.29. The van der Waals surface area contributed by atoms with Gasteiger partial charge in [-0.2, -0.15) is 9.20 Å². The molecular formula is C30H36N6O4. The molecule has 10 nitrogen and oxygen atoms in total. The fraction of sp³-hybridized carbons (Fsp3) is 0.400. The first-order chi connectivity index (χ1) is 19.6. The zero-order valence-corrected chi connectivity index (χ0v) is 22.8. The summed E-state index contributed by atoms with van der Waals surface area (Å²) in [7, 11) is 0. The summed E-state index contributed by atoms with van der Waals surface area (Å²) in [5.41, 5.74) is 2.27. The second-order valence-corrected chi connectivity index (χ2v) is 9.89. The minimum atomic E-state index is -0.505. The van der Waals surface area contributed by atoms with E-state index in [0.717, 1.165) is 50.1 Å². The van der Waals surface area contributed by atoms with Gasteiger partial charge in [-0.15, -0.1) is 10.2 Å². The molecule has 1 fully saturated rings. The van der Waals surface area contributed by atoms with E-state index in [-0.39, 0.29) is 25.4 Å². The Morgan fingerprint density at radius 3 is 2.30 bits per heavy atom. The van der Waals surface area contributed by atoms with E-state index in [1.807, 2.05) is 12.1 Å². The third-order valence-corrected chi connectivity index (χ3v) is 7.05. The number of likely N-dealkylation sites (tertiary alicyclic amines) is 1. The molecule has 2 aromatic carbocycles. The van der Waals surface area contributed by atoms with Crippen LogP contribution in [0.25, 0.3) is 5.65 Å². The number of nitrogens with one attached hydrogen (secondary N) is 1. The van der Waals surface area contributed by atoms with Gasteiger partial charge in [-0.05, 0) is 56.0 Å². The summed E-state index contributed by atoms with van der Waals surface area (Å²) in [6.07, 6.45) is 3.11. The lowest BCUT2D eigenvalue weighted by Crippen LogP contribution is -2.38. The molecule has 0 bridgehead atoms. The maximum Gasteiger partial charge on any atom is 0.367 e. The molecule has 0 saturated carbocycles. The first-order valence-electron chi connectivity index (χ1n) is 13.9. The smallest absolute Gasteiger partial charge is 0.367 e. The SMILES string of the molecule is CCOC(=O)Cn1nc2ccc(NCCCN3CCC(OC(c4ccccc4)c4ccccc4)CC3)nn2c1=O. The Morgan fingerprint density at radius 1 is 0.975 bits per heavy atom. The molecule has 0 radical (unpaired) electrons. The number of rotatable bonds is 12. The van der Waals surface area contributed by atoms with Crippen LogP contribution in [0.4, 0.5) is 5.82 Å². The first-order valence-corrected chi connectivity index (χ1v) is 13.9. The highest BCUT2D eigenvalue weighted by Gasteiger charge is 2.24. The van der Waals surface area contributed by atoms with E-state index in [2.05, 4.69) is 68.9 Å². The number of fused-ring (bicyclic) bond motifs is 1. The van der Waals surface area contributed by atoms with Crippen molar-refractivity contribution in [3.05, 3.63) is 94.4 Å². The minimum Gasteiger partial charge on any atom is -0.465 e. The van der Waals surface area contributed by atoms with Crippen molar-refractivity contribution < 1.29 is 14.3 Å². The summed E-state index contributed by atoms with van der Waals surface area (Å²) in [5.74, 6) is 0.0828. The number of benzene rings is 2. The summed E-state index contributed by atoms with van der Waals surface area (Å²) in [5, 5.41) is 11.8. The van der Waals surface area contributed by atoms with Gasteiger partial charge in [0.2, 0.25) is 0 Å². The van der Waals surface area contributed by atoms with E-state index in [0.29, 0.717) is 11.5 Å². The highest BCUT2D eigenvalue weighted by atomic mass is 16.5. The number of ether oxygens (including phenoxy) is 2. The third kappa shape index (κ3) is 6.94. The number of anilines is 1. The van der Waals surface area contributed by atoms with Crippen molar-refractivity contribution in [1.29, 1.82) is 0 Å². The number of carbonyl (C=O) groups is 1. The number of nitrogens with zero attached hydrogens (tertiary/aromatic N) is 5. The zero-order valence-electron chi connectivity index (χ0n) is 22.8. The largest absolute Gasteiger partial charge is 0.465 e. The van der Waals surface area contributed by atoms with Gasteiger partial charge in [-0.3, -0.25) is 4.79 Å². The van der Waals surface area contributed by atoms with Crippen molar-refractivity contribution in [3.63, 3.8) is 0 Å². The molecule has 5 rings (SSSR count). The van der Waals surface area contributed by atoms with Crippen LogP contribution in [0, 0.1) is 0 Å². The molecule has 1 saturated heterocycles. The average molecular weight is 545 g/mol. The number of aromatic nitrogens is 4. The summed E-state index contributed by atoms with van der Waals surface area (Å²) < 4.78 is 13.8. The van der Waals surface area contributed by atoms with Crippen LogP contribution in [-0.2, 0) is 20.8 Å². The topological polar surface area (TPSA) is 103 Å². The number of esters is 1. The van der Waals surface area contributed by atoms with Crippen LogP contribution >= 0.6 is 0 Å². The molecule has 1 N–H and O–H groups in total. The fourth-order valence-corrected chi connectivity index (χ4v) is 5.02. The van der Waals surface area contributed by atoms with Gasteiger partial charge in [0.1, 0.15) is 18.5 Å². The monoisotopic (exact) mass is 544 g/mol. The molecule has 10 heteroatoms. The van der Waals surface area contributed by atoms with Crippen molar-refractivity contribution in [2.75, 3.05) is 38.1 Å². The molecule has 2 aromatic heterocycles. The molecule has 0 aliphatic carbocycles.